The summed E-state index contributed by atoms with van der Waals surface area (Å²) >= 11 is 6.64. The standard InChI is InChI=1S/C11H9N3O2S2/c1-6-4-12-8(16-6)5-14-10(15)7-2-3-18-9(7)13-11(14)17/h2-4H,5H2,1H3,(H,13,17). The highest BCUT2D eigenvalue weighted by Crippen LogP contribution is 2.14. The normalized spacial score (nSPS) is 11.2. The van der Waals surface area contributed by atoms with Gasteiger partial charge >= 0.3 is 0 Å². The van der Waals surface area contributed by atoms with Gasteiger partial charge in [-0.15, -0.1) is 11.3 Å². The number of rotatable bonds is 2. The predicted molar refractivity (Wildman–Crippen MR) is 71.6 cm³/mol. The largest absolute Gasteiger partial charge is 0.444 e. The third kappa shape index (κ3) is 1.81. The van der Waals surface area contributed by atoms with E-state index in [2.05, 4.69) is 9.97 Å². The Balaban J connectivity index is 2.17. The number of hydrogen-bond acceptors (Lipinski definition) is 5. The number of nitrogens with one attached hydrogen (secondary N) is 1. The SMILES string of the molecule is Cc1cnc(Cn2c(=S)[nH]c3sccc3c2=O)o1. The molecule has 0 aliphatic rings. The zero-order valence-corrected chi connectivity index (χ0v) is 11.1. The number of oxazole rings is 1. The van der Waals surface area contributed by atoms with Crippen LogP contribution in [0.1, 0.15) is 11.7 Å². The highest BCUT2D eigenvalue weighted by Gasteiger charge is 2.09. The van der Waals surface area contributed by atoms with Gasteiger partial charge in [-0.05, 0) is 30.6 Å². The van der Waals surface area contributed by atoms with Crippen LogP contribution in [0.4, 0.5) is 0 Å². The number of fused-ring (bicyclic) bond motifs is 1. The summed E-state index contributed by atoms with van der Waals surface area (Å²) in [6.07, 6.45) is 1.62. The van der Waals surface area contributed by atoms with E-state index in [-0.39, 0.29) is 12.1 Å². The summed E-state index contributed by atoms with van der Waals surface area (Å²) in [7, 11) is 0. The van der Waals surface area contributed by atoms with Gasteiger partial charge in [0.25, 0.3) is 5.56 Å². The molecular formula is C11H9N3O2S2. The minimum Gasteiger partial charge on any atom is -0.444 e. The van der Waals surface area contributed by atoms with Crippen molar-refractivity contribution < 1.29 is 4.42 Å². The summed E-state index contributed by atoms with van der Waals surface area (Å²) in [5, 5.41) is 2.49. The van der Waals surface area contributed by atoms with E-state index in [1.54, 1.807) is 12.3 Å². The van der Waals surface area contributed by atoms with Gasteiger partial charge < -0.3 is 9.40 Å². The molecule has 0 saturated heterocycles. The predicted octanol–water partition coefficient (Wildman–Crippen LogP) is 2.47. The molecule has 0 unspecified atom stereocenters. The Bertz CT molecular complexity index is 825. The quantitative estimate of drug-likeness (QED) is 0.732. The van der Waals surface area contributed by atoms with Gasteiger partial charge in [-0.2, -0.15) is 0 Å². The van der Waals surface area contributed by atoms with E-state index in [1.807, 2.05) is 12.3 Å². The Kier molecular flexibility index (Phi) is 2.64. The molecule has 92 valence electrons. The van der Waals surface area contributed by atoms with Crippen LogP contribution in [-0.2, 0) is 6.54 Å². The third-order valence-electron chi connectivity index (χ3n) is 2.57. The van der Waals surface area contributed by atoms with Crippen LogP contribution in [0, 0.1) is 11.7 Å². The first kappa shape index (κ1) is 11.4. The zero-order valence-electron chi connectivity index (χ0n) is 9.47. The van der Waals surface area contributed by atoms with Gasteiger partial charge in [-0.25, -0.2) is 4.98 Å². The first-order valence-electron chi connectivity index (χ1n) is 5.27. The maximum atomic E-state index is 12.2. The lowest BCUT2D eigenvalue weighted by Crippen LogP contribution is -2.22. The van der Waals surface area contributed by atoms with E-state index in [0.717, 1.165) is 4.83 Å². The molecule has 1 N–H and O–H groups in total. The smallest absolute Gasteiger partial charge is 0.263 e. The van der Waals surface area contributed by atoms with Gasteiger partial charge in [0.15, 0.2) is 4.77 Å². The van der Waals surface area contributed by atoms with E-state index in [1.165, 1.54) is 15.9 Å². The number of H-pyrrole nitrogens is 1. The summed E-state index contributed by atoms with van der Waals surface area (Å²) in [4.78, 5) is 20.1. The van der Waals surface area contributed by atoms with Crippen molar-refractivity contribution in [1.82, 2.24) is 14.5 Å². The van der Waals surface area contributed by atoms with Crippen LogP contribution in [0.2, 0.25) is 0 Å². The molecule has 3 heterocycles. The molecule has 0 spiro atoms. The van der Waals surface area contributed by atoms with Crippen molar-refractivity contribution in [3.63, 3.8) is 0 Å². The average molecular weight is 279 g/mol. The summed E-state index contributed by atoms with van der Waals surface area (Å²) in [6.45, 7) is 2.05. The van der Waals surface area contributed by atoms with E-state index < -0.39 is 0 Å². The summed E-state index contributed by atoms with van der Waals surface area (Å²) in [5.41, 5.74) is -0.120. The molecule has 3 rings (SSSR count). The van der Waals surface area contributed by atoms with Gasteiger partial charge in [0.05, 0.1) is 11.6 Å². The van der Waals surface area contributed by atoms with E-state index in [4.69, 9.17) is 16.6 Å². The summed E-state index contributed by atoms with van der Waals surface area (Å²) < 4.78 is 7.20. The third-order valence-corrected chi connectivity index (χ3v) is 3.72. The topological polar surface area (TPSA) is 63.8 Å². The number of nitrogens with zero attached hydrogens (tertiary/aromatic N) is 2. The Hall–Kier alpha value is -1.73. The highest BCUT2D eigenvalue weighted by molar-refractivity contribution is 7.71. The fourth-order valence-electron chi connectivity index (χ4n) is 1.73. The molecule has 0 atom stereocenters. The molecule has 0 bridgehead atoms. The molecule has 0 saturated carbocycles. The van der Waals surface area contributed by atoms with Gasteiger partial charge in [0, 0.05) is 0 Å². The van der Waals surface area contributed by atoms with Crippen molar-refractivity contribution in [3.8, 4) is 0 Å². The van der Waals surface area contributed by atoms with Crippen molar-refractivity contribution in [2.75, 3.05) is 0 Å². The molecule has 0 aromatic carbocycles. The molecule has 3 aromatic rings. The van der Waals surface area contributed by atoms with E-state index >= 15 is 0 Å². The van der Waals surface area contributed by atoms with Crippen LogP contribution in [0.5, 0.6) is 0 Å². The minimum atomic E-state index is -0.120. The fraction of sp³-hybridized carbons (Fsp3) is 0.182. The Morgan fingerprint density at radius 2 is 2.44 bits per heavy atom. The van der Waals surface area contributed by atoms with Crippen molar-refractivity contribution in [2.24, 2.45) is 0 Å². The summed E-state index contributed by atoms with van der Waals surface area (Å²) in [5.74, 6) is 1.19. The van der Waals surface area contributed by atoms with E-state index in [9.17, 15) is 4.79 Å². The molecule has 3 aromatic heterocycles. The molecule has 5 nitrogen and oxygen atoms in total. The number of aromatic nitrogens is 3. The zero-order chi connectivity index (χ0) is 12.7. The molecule has 0 aliphatic carbocycles. The molecule has 7 heteroatoms. The maximum Gasteiger partial charge on any atom is 0.263 e. The second-order valence-corrected chi connectivity index (χ2v) is 5.15. The minimum absolute atomic E-state index is 0.120. The Morgan fingerprint density at radius 1 is 1.61 bits per heavy atom. The molecule has 0 amide bonds. The first-order valence-corrected chi connectivity index (χ1v) is 6.55. The van der Waals surface area contributed by atoms with Crippen LogP contribution >= 0.6 is 23.6 Å². The Morgan fingerprint density at radius 3 is 3.17 bits per heavy atom. The Labute approximate surface area is 111 Å². The molecular weight excluding hydrogens is 270 g/mol. The molecule has 0 radical (unpaired) electrons. The van der Waals surface area contributed by atoms with Crippen LogP contribution in [0.25, 0.3) is 10.2 Å². The van der Waals surface area contributed by atoms with Gasteiger partial charge in [0.2, 0.25) is 5.89 Å². The van der Waals surface area contributed by atoms with Crippen molar-refractivity contribution in [2.45, 2.75) is 13.5 Å². The van der Waals surface area contributed by atoms with Crippen molar-refractivity contribution >= 4 is 33.8 Å². The van der Waals surface area contributed by atoms with Crippen molar-refractivity contribution in [3.05, 3.63) is 44.4 Å². The summed E-state index contributed by atoms with van der Waals surface area (Å²) in [6, 6.07) is 1.78. The van der Waals surface area contributed by atoms with Crippen molar-refractivity contribution in [1.29, 1.82) is 0 Å². The lowest BCUT2D eigenvalue weighted by molar-refractivity contribution is 0.452. The van der Waals surface area contributed by atoms with Crippen LogP contribution in [0.15, 0.2) is 26.9 Å². The number of thiophene rings is 1. The average Bonchev–Trinajstić information content (AvgIpc) is 2.93. The lowest BCUT2D eigenvalue weighted by atomic mass is 10.4. The molecule has 0 aliphatic heterocycles. The molecule has 18 heavy (non-hydrogen) atoms. The number of hydrogen-bond donors (Lipinski definition) is 1. The number of aryl methyl sites for hydroxylation is 1. The van der Waals surface area contributed by atoms with Gasteiger partial charge in [-0.1, -0.05) is 0 Å². The molecule has 0 fully saturated rings. The van der Waals surface area contributed by atoms with E-state index in [0.29, 0.717) is 21.8 Å². The van der Waals surface area contributed by atoms with Crippen LogP contribution in [-0.4, -0.2) is 14.5 Å². The highest BCUT2D eigenvalue weighted by atomic mass is 32.1. The second kappa shape index (κ2) is 4.18. The first-order chi connectivity index (χ1) is 8.65. The van der Waals surface area contributed by atoms with Crippen LogP contribution in [0.3, 0.4) is 0 Å². The maximum absolute atomic E-state index is 12.2. The van der Waals surface area contributed by atoms with Crippen LogP contribution < -0.4 is 5.56 Å². The lowest BCUT2D eigenvalue weighted by Gasteiger charge is -2.03. The fourth-order valence-corrected chi connectivity index (χ4v) is 2.82. The number of aromatic amines is 1. The second-order valence-electron chi connectivity index (χ2n) is 3.85. The monoisotopic (exact) mass is 279 g/mol. The van der Waals surface area contributed by atoms with Gasteiger partial charge in [0.1, 0.15) is 17.1 Å². The van der Waals surface area contributed by atoms with Gasteiger partial charge in [-0.3, -0.25) is 9.36 Å².